The van der Waals surface area contributed by atoms with Gasteiger partial charge in [-0.15, -0.1) is 11.3 Å². The van der Waals surface area contributed by atoms with Crippen molar-refractivity contribution in [3.05, 3.63) is 22.4 Å². The van der Waals surface area contributed by atoms with Crippen molar-refractivity contribution in [3.8, 4) is 0 Å². The molecule has 0 amide bonds. The highest BCUT2D eigenvalue weighted by Crippen LogP contribution is 2.30. The highest BCUT2D eigenvalue weighted by molar-refractivity contribution is 7.10. The van der Waals surface area contributed by atoms with Gasteiger partial charge in [0.15, 0.2) is 0 Å². The molecular weight excluding hydrogens is 216 g/mol. The molecule has 1 aliphatic rings. The first-order chi connectivity index (χ1) is 7.83. The van der Waals surface area contributed by atoms with E-state index in [9.17, 15) is 0 Å². The van der Waals surface area contributed by atoms with Gasteiger partial charge in [0.1, 0.15) is 0 Å². The molecule has 0 aliphatic carbocycles. The van der Waals surface area contributed by atoms with Gasteiger partial charge in [-0.05, 0) is 44.8 Å². The molecule has 90 valence electrons. The fraction of sp³-hybridized carbons (Fsp3) is 0.692. The summed E-state index contributed by atoms with van der Waals surface area (Å²) in [7, 11) is 2.06. The Bertz CT molecular complexity index is 295. The Kier molecular flexibility index (Phi) is 4.38. The molecule has 1 aromatic heterocycles. The maximum Gasteiger partial charge on any atom is 0.0416 e. The van der Waals surface area contributed by atoms with Gasteiger partial charge in [-0.3, -0.25) is 4.90 Å². The normalized spacial score (nSPS) is 24.5. The Morgan fingerprint density at radius 2 is 2.44 bits per heavy atom. The maximum atomic E-state index is 3.33. The molecule has 1 saturated heterocycles. The highest BCUT2D eigenvalue weighted by atomic mass is 32.1. The summed E-state index contributed by atoms with van der Waals surface area (Å²) < 4.78 is 0. The van der Waals surface area contributed by atoms with Crippen LogP contribution in [-0.4, -0.2) is 31.1 Å². The van der Waals surface area contributed by atoms with E-state index in [2.05, 4.69) is 41.7 Å². The molecule has 0 saturated carbocycles. The summed E-state index contributed by atoms with van der Waals surface area (Å²) in [5, 5.41) is 5.51. The van der Waals surface area contributed by atoms with E-state index in [1.54, 1.807) is 0 Å². The van der Waals surface area contributed by atoms with Crippen molar-refractivity contribution in [2.45, 2.75) is 38.3 Å². The van der Waals surface area contributed by atoms with Crippen LogP contribution in [0.2, 0.25) is 0 Å². The molecule has 1 aromatic rings. The van der Waals surface area contributed by atoms with Gasteiger partial charge in [-0.1, -0.05) is 12.5 Å². The minimum Gasteiger partial charge on any atom is -0.318 e. The lowest BCUT2D eigenvalue weighted by Gasteiger charge is -2.39. The van der Waals surface area contributed by atoms with Gasteiger partial charge in [-0.25, -0.2) is 0 Å². The maximum absolute atomic E-state index is 3.33. The Balaban J connectivity index is 2.04. The zero-order chi connectivity index (χ0) is 11.4. The van der Waals surface area contributed by atoms with Crippen LogP contribution in [-0.2, 0) is 0 Å². The van der Waals surface area contributed by atoms with Gasteiger partial charge in [0.25, 0.3) is 0 Å². The monoisotopic (exact) mass is 238 g/mol. The van der Waals surface area contributed by atoms with Gasteiger partial charge < -0.3 is 5.32 Å². The number of nitrogens with zero attached hydrogens (tertiary/aromatic N) is 1. The standard InChI is InChI=1S/C13H22N2S/c1-11(13-7-5-9-16-13)15-8-4-3-6-12(15)10-14-2/h5,7,9,11-12,14H,3-4,6,8,10H2,1-2H3. The van der Waals surface area contributed by atoms with Crippen molar-refractivity contribution < 1.29 is 0 Å². The number of likely N-dealkylation sites (N-methyl/N-ethyl adjacent to an activating group) is 1. The topological polar surface area (TPSA) is 15.3 Å². The summed E-state index contributed by atoms with van der Waals surface area (Å²) in [6.07, 6.45) is 4.09. The summed E-state index contributed by atoms with van der Waals surface area (Å²) in [4.78, 5) is 4.18. The zero-order valence-electron chi connectivity index (χ0n) is 10.3. The predicted octanol–water partition coefficient (Wildman–Crippen LogP) is 2.88. The van der Waals surface area contributed by atoms with Gasteiger partial charge in [0.05, 0.1) is 0 Å². The molecule has 2 nitrogen and oxygen atoms in total. The molecule has 0 radical (unpaired) electrons. The molecule has 2 unspecified atom stereocenters. The lowest BCUT2D eigenvalue weighted by Crippen LogP contribution is -2.45. The van der Waals surface area contributed by atoms with E-state index >= 15 is 0 Å². The molecule has 1 N–H and O–H groups in total. The van der Waals surface area contributed by atoms with Gasteiger partial charge in [0.2, 0.25) is 0 Å². The van der Waals surface area contributed by atoms with Crippen LogP contribution in [0, 0.1) is 0 Å². The van der Waals surface area contributed by atoms with E-state index in [0.29, 0.717) is 6.04 Å². The minimum absolute atomic E-state index is 0.582. The first-order valence-electron chi connectivity index (χ1n) is 6.26. The van der Waals surface area contributed by atoms with Crippen LogP contribution in [0.3, 0.4) is 0 Å². The Morgan fingerprint density at radius 1 is 1.56 bits per heavy atom. The van der Waals surface area contributed by atoms with Crippen LogP contribution in [0.5, 0.6) is 0 Å². The van der Waals surface area contributed by atoms with Crippen molar-refractivity contribution in [2.24, 2.45) is 0 Å². The SMILES string of the molecule is CNCC1CCCCN1C(C)c1cccs1. The van der Waals surface area contributed by atoms with Crippen LogP contribution < -0.4 is 5.32 Å². The molecule has 2 heterocycles. The number of hydrogen-bond donors (Lipinski definition) is 1. The zero-order valence-corrected chi connectivity index (χ0v) is 11.1. The fourth-order valence-electron chi connectivity index (χ4n) is 2.68. The molecule has 0 spiro atoms. The van der Waals surface area contributed by atoms with Crippen LogP contribution in [0.1, 0.15) is 37.1 Å². The Hall–Kier alpha value is -0.380. The second-order valence-electron chi connectivity index (χ2n) is 4.64. The predicted molar refractivity (Wildman–Crippen MR) is 71.0 cm³/mol. The molecular formula is C13H22N2S. The number of likely N-dealkylation sites (tertiary alicyclic amines) is 1. The van der Waals surface area contributed by atoms with Crippen LogP contribution in [0.25, 0.3) is 0 Å². The molecule has 2 rings (SSSR count). The number of thiophene rings is 1. The Labute approximate surface area is 103 Å². The largest absolute Gasteiger partial charge is 0.318 e. The molecule has 2 atom stereocenters. The number of piperidine rings is 1. The summed E-state index contributed by atoms with van der Waals surface area (Å²) in [5.41, 5.74) is 0. The third kappa shape index (κ3) is 2.65. The first-order valence-corrected chi connectivity index (χ1v) is 7.14. The number of nitrogens with one attached hydrogen (secondary N) is 1. The Morgan fingerprint density at radius 3 is 3.12 bits per heavy atom. The molecule has 3 heteroatoms. The quantitative estimate of drug-likeness (QED) is 0.867. The van der Waals surface area contributed by atoms with E-state index in [1.165, 1.54) is 30.7 Å². The summed E-state index contributed by atoms with van der Waals surface area (Å²) >= 11 is 1.88. The van der Waals surface area contributed by atoms with Crippen LogP contribution in [0.4, 0.5) is 0 Å². The van der Waals surface area contributed by atoms with E-state index in [4.69, 9.17) is 0 Å². The third-order valence-electron chi connectivity index (χ3n) is 3.56. The summed E-state index contributed by atoms with van der Waals surface area (Å²) in [5.74, 6) is 0. The molecule has 0 bridgehead atoms. The molecule has 1 fully saturated rings. The van der Waals surface area contributed by atoms with Crippen molar-refractivity contribution in [3.63, 3.8) is 0 Å². The van der Waals surface area contributed by atoms with E-state index in [0.717, 1.165) is 12.6 Å². The van der Waals surface area contributed by atoms with Gasteiger partial charge in [-0.2, -0.15) is 0 Å². The molecule has 0 aromatic carbocycles. The van der Waals surface area contributed by atoms with Crippen molar-refractivity contribution in [1.29, 1.82) is 0 Å². The first kappa shape index (κ1) is 12.1. The van der Waals surface area contributed by atoms with E-state index < -0.39 is 0 Å². The molecule has 1 aliphatic heterocycles. The van der Waals surface area contributed by atoms with Crippen LogP contribution >= 0.6 is 11.3 Å². The van der Waals surface area contributed by atoms with E-state index in [-0.39, 0.29) is 0 Å². The van der Waals surface area contributed by atoms with Crippen molar-refractivity contribution in [2.75, 3.05) is 20.1 Å². The third-order valence-corrected chi connectivity index (χ3v) is 4.61. The lowest BCUT2D eigenvalue weighted by atomic mass is 9.99. The summed E-state index contributed by atoms with van der Waals surface area (Å²) in [6.45, 7) is 4.72. The van der Waals surface area contributed by atoms with Crippen LogP contribution in [0.15, 0.2) is 17.5 Å². The van der Waals surface area contributed by atoms with Crippen molar-refractivity contribution in [1.82, 2.24) is 10.2 Å². The average molecular weight is 238 g/mol. The average Bonchev–Trinajstić information content (AvgIpc) is 2.83. The van der Waals surface area contributed by atoms with Gasteiger partial charge in [0, 0.05) is 23.5 Å². The second kappa shape index (κ2) is 5.80. The fourth-order valence-corrected chi connectivity index (χ4v) is 3.48. The number of hydrogen-bond acceptors (Lipinski definition) is 3. The number of rotatable bonds is 4. The minimum atomic E-state index is 0.582. The summed E-state index contributed by atoms with van der Waals surface area (Å²) in [6, 6.07) is 5.72. The lowest BCUT2D eigenvalue weighted by molar-refractivity contribution is 0.105. The van der Waals surface area contributed by atoms with E-state index in [1.807, 2.05) is 11.3 Å². The van der Waals surface area contributed by atoms with Gasteiger partial charge >= 0.3 is 0 Å². The molecule has 16 heavy (non-hydrogen) atoms. The smallest absolute Gasteiger partial charge is 0.0416 e. The highest BCUT2D eigenvalue weighted by Gasteiger charge is 2.26. The second-order valence-corrected chi connectivity index (χ2v) is 5.62. The van der Waals surface area contributed by atoms with Crippen molar-refractivity contribution >= 4 is 11.3 Å².